The summed E-state index contributed by atoms with van der Waals surface area (Å²) in [4.78, 5) is 25.2. The maximum atomic E-state index is 13.5. The number of nitrogens with one attached hydrogen (secondary N) is 1. The van der Waals surface area contributed by atoms with Crippen molar-refractivity contribution in [3.05, 3.63) is 35.4 Å². The van der Waals surface area contributed by atoms with Gasteiger partial charge in [0.2, 0.25) is 0 Å². The van der Waals surface area contributed by atoms with Crippen molar-refractivity contribution in [1.29, 1.82) is 0 Å². The highest BCUT2D eigenvalue weighted by Crippen LogP contribution is 2.38. The Kier molecular flexibility index (Phi) is 9.35. The number of carboxylic acid groups (broad SMARTS) is 1. The number of carbonyl (C=O) groups excluding carboxylic acids is 1. The van der Waals surface area contributed by atoms with Gasteiger partial charge in [0.1, 0.15) is 14.2 Å². The van der Waals surface area contributed by atoms with E-state index < -0.39 is 40.0 Å². The summed E-state index contributed by atoms with van der Waals surface area (Å²) in [6.07, 6.45) is -1.70. The van der Waals surface area contributed by atoms with E-state index in [0.29, 0.717) is 6.42 Å². The Morgan fingerprint density at radius 2 is 1.64 bits per heavy atom. The Bertz CT molecular complexity index is 909. The molecule has 1 amide bonds. The minimum Gasteiger partial charge on any atom is -0.465 e. The molecule has 0 aliphatic carbocycles. The van der Waals surface area contributed by atoms with Gasteiger partial charge in [-0.2, -0.15) is 0 Å². The summed E-state index contributed by atoms with van der Waals surface area (Å²) < 4.78 is 6.59. The zero-order chi connectivity index (χ0) is 25.8. The van der Waals surface area contributed by atoms with Gasteiger partial charge in [-0.1, -0.05) is 79.2 Å². The van der Waals surface area contributed by atoms with Crippen molar-refractivity contribution in [3.8, 4) is 11.5 Å². The molecule has 1 aromatic rings. The number of ketones is 1. The second kappa shape index (κ2) is 10.6. The molecule has 0 radical (unpaired) electrons. The molecule has 0 aliphatic rings. The van der Waals surface area contributed by atoms with Crippen LogP contribution in [0.3, 0.4) is 0 Å². The van der Waals surface area contributed by atoms with E-state index in [2.05, 4.69) is 70.3 Å². The lowest BCUT2D eigenvalue weighted by Crippen LogP contribution is -2.57. The maximum absolute atomic E-state index is 13.5. The molecule has 0 spiro atoms. The van der Waals surface area contributed by atoms with Crippen LogP contribution in [0.5, 0.6) is 0 Å². The van der Waals surface area contributed by atoms with Gasteiger partial charge >= 0.3 is 6.09 Å². The molecular formula is C26H43NO4Si2. The summed E-state index contributed by atoms with van der Waals surface area (Å²) >= 11 is 0. The van der Waals surface area contributed by atoms with E-state index >= 15 is 0 Å². The smallest absolute Gasteiger partial charge is 0.404 e. The standard InChI is InChI=1S/C26H43NO4Si2/c1-25(2,3)23(28)22(31-33(10,11)26(4,5)6)21(27-24(29)30)18-20-14-12-13-19(17-20)15-16-32(7,8)9/h12-14,17,21-22,27H,18H2,1-11H3,(H,29,30)/t21-,22-/m0/s1. The van der Waals surface area contributed by atoms with Crippen molar-refractivity contribution in [2.24, 2.45) is 5.41 Å². The summed E-state index contributed by atoms with van der Waals surface area (Å²) in [6.45, 7) is 22.6. The fourth-order valence-corrected chi connectivity index (χ4v) is 4.70. The van der Waals surface area contributed by atoms with Crippen molar-refractivity contribution in [2.45, 2.75) is 97.9 Å². The largest absolute Gasteiger partial charge is 0.465 e. The number of benzene rings is 1. The molecule has 2 atom stereocenters. The third-order valence-corrected chi connectivity index (χ3v) is 11.2. The lowest BCUT2D eigenvalue weighted by molar-refractivity contribution is -0.135. The molecule has 0 saturated carbocycles. The van der Waals surface area contributed by atoms with Crippen LogP contribution in [-0.4, -0.2) is 45.5 Å². The molecule has 33 heavy (non-hydrogen) atoms. The van der Waals surface area contributed by atoms with Crippen molar-refractivity contribution in [3.63, 3.8) is 0 Å². The van der Waals surface area contributed by atoms with Crippen LogP contribution in [0.25, 0.3) is 0 Å². The molecule has 2 N–H and O–H groups in total. The topological polar surface area (TPSA) is 75.6 Å². The van der Waals surface area contributed by atoms with Crippen LogP contribution in [-0.2, 0) is 15.6 Å². The average Bonchev–Trinajstić information content (AvgIpc) is 2.61. The molecule has 0 unspecified atom stereocenters. The first-order valence-electron chi connectivity index (χ1n) is 11.6. The Morgan fingerprint density at radius 1 is 1.06 bits per heavy atom. The molecule has 1 aromatic carbocycles. The molecule has 1 rings (SSSR count). The van der Waals surface area contributed by atoms with Crippen LogP contribution in [0, 0.1) is 16.9 Å². The molecule has 0 aliphatic heterocycles. The van der Waals surface area contributed by atoms with Gasteiger partial charge < -0.3 is 14.8 Å². The zero-order valence-electron chi connectivity index (χ0n) is 22.3. The average molecular weight is 490 g/mol. The normalized spacial score (nSPS) is 14.6. The summed E-state index contributed by atoms with van der Waals surface area (Å²) in [5.74, 6) is 3.16. The first-order chi connectivity index (χ1) is 14.7. The van der Waals surface area contributed by atoms with Crippen LogP contribution < -0.4 is 5.32 Å². The Labute approximate surface area is 202 Å². The number of Topliss-reactive ketones (excluding diaryl/α,β-unsaturated/α-hetero) is 1. The second-order valence-electron chi connectivity index (χ2n) is 12.4. The molecule has 184 valence electrons. The van der Waals surface area contributed by atoms with Crippen LogP contribution in [0.4, 0.5) is 4.79 Å². The van der Waals surface area contributed by atoms with Crippen LogP contribution >= 0.6 is 0 Å². The molecular weight excluding hydrogens is 446 g/mol. The number of hydrogen-bond donors (Lipinski definition) is 2. The van der Waals surface area contributed by atoms with E-state index in [1.807, 2.05) is 45.0 Å². The van der Waals surface area contributed by atoms with Gasteiger partial charge in [0.25, 0.3) is 0 Å². The lowest BCUT2D eigenvalue weighted by atomic mass is 9.84. The summed E-state index contributed by atoms with van der Waals surface area (Å²) in [6, 6.07) is 7.11. The SMILES string of the molecule is CC(C)(C)C(=O)[C@@H](O[Si](C)(C)C(C)(C)C)[C@H](Cc1cccc(C#C[Si](C)(C)C)c1)NC(=O)O. The van der Waals surface area contributed by atoms with E-state index in [9.17, 15) is 14.7 Å². The number of amides is 1. The molecule has 0 fully saturated rings. The number of carbonyl (C=O) groups is 2. The van der Waals surface area contributed by atoms with Gasteiger partial charge in [0, 0.05) is 11.0 Å². The van der Waals surface area contributed by atoms with Crippen molar-refractivity contribution < 1.29 is 19.1 Å². The highest BCUT2D eigenvalue weighted by atomic mass is 28.4. The predicted octanol–water partition coefficient (Wildman–Crippen LogP) is 6.10. The third kappa shape index (κ3) is 9.48. The van der Waals surface area contributed by atoms with E-state index in [4.69, 9.17) is 4.43 Å². The Hall–Kier alpha value is -1.89. The van der Waals surface area contributed by atoms with Crippen molar-refractivity contribution in [2.75, 3.05) is 0 Å². The molecule has 0 bridgehead atoms. The Balaban J connectivity index is 3.44. The highest BCUT2D eigenvalue weighted by Gasteiger charge is 2.45. The van der Waals surface area contributed by atoms with Gasteiger partial charge in [0.05, 0.1) is 6.04 Å². The minimum absolute atomic E-state index is 0.0965. The molecule has 0 heterocycles. The predicted molar refractivity (Wildman–Crippen MR) is 142 cm³/mol. The minimum atomic E-state index is -2.36. The fourth-order valence-electron chi connectivity index (χ4n) is 2.92. The number of hydrogen-bond acceptors (Lipinski definition) is 3. The summed E-state index contributed by atoms with van der Waals surface area (Å²) in [5, 5.41) is 12.1. The van der Waals surface area contributed by atoms with Gasteiger partial charge in [-0.05, 0) is 42.2 Å². The summed E-state index contributed by atoms with van der Waals surface area (Å²) in [7, 11) is -3.88. The van der Waals surface area contributed by atoms with E-state index in [1.54, 1.807) is 0 Å². The van der Waals surface area contributed by atoms with E-state index in [0.717, 1.165) is 11.1 Å². The quantitative estimate of drug-likeness (QED) is 0.358. The Morgan fingerprint density at radius 3 is 2.09 bits per heavy atom. The van der Waals surface area contributed by atoms with E-state index in [1.165, 1.54) is 0 Å². The first kappa shape index (κ1) is 29.1. The molecule has 0 saturated heterocycles. The van der Waals surface area contributed by atoms with Crippen molar-refractivity contribution in [1.82, 2.24) is 5.32 Å². The van der Waals surface area contributed by atoms with Gasteiger partial charge in [0.15, 0.2) is 14.1 Å². The summed E-state index contributed by atoms with van der Waals surface area (Å²) in [5.41, 5.74) is 4.51. The molecule has 5 nitrogen and oxygen atoms in total. The van der Waals surface area contributed by atoms with Crippen LogP contribution in [0.2, 0.25) is 37.8 Å². The molecule has 7 heteroatoms. The molecule has 0 aromatic heterocycles. The monoisotopic (exact) mass is 489 g/mol. The zero-order valence-corrected chi connectivity index (χ0v) is 24.3. The highest BCUT2D eigenvalue weighted by molar-refractivity contribution is 6.83. The van der Waals surface area contributed by atoms with Crippen LogP contribution in [0.1, 0.15) is 52.7 Å². The maximum Gasteiger partial charge on any atom is 0.404 e. The second-order valence-corrected chi connectivity index (χ2v) is 21.9. The number of rotatable bonds is 7. The fraction of sp³-hybridized carbons (Fsp3) is 0.615. The van der Waals surface area contributed by atoms with Crippen LogP contribution in [0.15, 0.2) is 24.3 Å². The lowest BCUT2D eigenvalue weighted by Gasteiger charge is -2.42. The van der Waals surface area contributed by atoms with Gasteiger partial charge in [-0.25, -0.2) is 4.79 Å². The van der Waals surface area contributed by atoms with E-state index in [-0.39, 0.29) is 10.8 Å². The van der Waals surface area contributed by atoms with Gasteiger partial charge in [-0.3, -0.25) is 4.79 Å². The van der Waals surface area contributed by atoms with Gasteiger partial charge in [-0.15, -0.1) is 5.54 Å². The van der Waals surface area contributed by atoms with Crippen molar-refractivity contribution >= 4 is 28.3 Å². The first-order valence-corrected chi connectivity index (χ1v) is 18.0. The third-order valence-electron chi connectivity index (χ3n) is 5.86.